The second-order valence-corrected chi connectivity index (χ2v) is 7.19. The molecule has 0 fully saturated rings. The number of benzene rings is 3. The van der Waals surface area contributed by atoms with Gasteiger partial charge in [0, 0.05) is 5.39 Å². The monoisotopic (exact) mass is 467 g/mol. The predicted molar refractivity (Wildman–Crippen MR) is 117 cm³/mol. The second-order valence-electron chi connectivity index (χ2n) is 7.19. The van der Waals surface area contributed by atoms with E-state index >= 15 is 0 Å². The maximum Gasteiger partial charge on any atom is 0.359 e. The second kappa shape index (κ2) is 9.57. The van der Waals surface area contributed by atoms with Gasteiger partial charge in [0.1, 0.15) is 0 Å². The number of aromatic nitrogens is 2. The Morgan fingerprint density at radius 3 is 2.29 bits per heavy atom. The molecule has 0 aliphatic rings. The molecule has 0 saturated heterocycles. The summed E-state index contributed by atoms with van der Waals surface area (Å²) in [4.78, 5) is 37.7. The van der Waals surface area contributed by atoms with Gasteiger partial charge in [-0.1, -0.05) is 48.5 Å². The van der Waals surface area contributed by atoms with E-state index in [-0.39, 0.29) is 23.0 Å². The van der Waals surface area contributed by atoms with E-state index in [0.717, 1.165) is 16.3 Å². The van der Waals surface area contributed by atoms with Crippen LogP contribution in [0.1, 0.15) is 16.1 Å². The molecule has 0 bridgehead atoms. The topological polar surface area (TPSA) is 90.3 Å². The zero-order valence-corrected chi connectivity index (χ0v) is 17.4. The van der Waals surface area contributed by atoms with Gasteiger partial charge in [0.25, 0.3) is 11.5 Å². The molecule has 0 spiro atoms. The molecular formula is C24H16F3N3O4. The number of ether oxygens (including phenoxy) is 1. The lowest BCUT2D eigenvalue weighted by atomic mass is 10.1. The van der Waals surface area contributed by atoms with Gasteiger partial charge in [0.05, 0.1) is 17.6 Å². The van der Waals surface area contributed by atoms with Crippen molar-refractivity contribution in [2.24, 2.45) is 0 Å². The maximum atomic E-state index is 13.7. The van der Waals surface area contributed by atoms with Crippen molar-refractivity contribution in [1.82, 2.24) is 9.78 Å². The molecule has 0 aliphatic carbocycles. The summed E-state index contributed by atoms with van der Waals surface area (Å²) in [6, 6.07) is 16.8. The third-order valence-electron chi connectivity index (χ3n) is 4.88. The van der Waals surface area contributed by atoms with Crippen LogP contribution in [0.25, 0.3) is 10.8 Å². The Morgan fingerprint density at radius 2 is 1.56 bits per heavy atom. The molecule has 4 rings (SSSR count). The molecule has 0 unspecified atom stereocenters. The molecule has 1 heterocycles. The molecule has 0 atom stereocenters. The highest BCUT2D eigenvalue weighted by Gasteiger charge is 2.20. The largest absolute Gasteiger partial charge is 0.451 e. The van der Waals surface area contributed by atoms with Crippen LogP contribution in [0.5, 0.6) is 0 Å². The molecule has 172 valence electrons. The van der Waals surface area contributed by atoms with Crippen molar-refractivity contribution in [3.8, 4) is 0 Å². The number of nitrogens with one attached hydrogen (secondary N) is 1. The first-order valence-electron chi connectivity index (χ1n) is 9.99. The number of halogens is 3. The van der Waals surface area contributed by atoms with Crippen molar-refractivity contribution in [3.05, 3.63) is 106 Å². The van der Waals surface area contributed by atoms with E-state index in [1.807, 2.05) is 11.4 Å². The Morgan fingerprint density at radius 1 is 0.882 bits per heavy atom. The quantitative estimate of drug-likeness (QED) is 0.345. The van der Waals surface area contributed by atoms with Gasteiger partial charge in [0.15, 0.2) is 29.8 Å². The highest BCUT2D eigenvalue weighted by atomic mass is 19.2. The molecule has 1 amide bonds. The smallest absolute Gasteiger partial charge is 0.359 e. The first-order valence-corrected chi connectivity index (χ1v) is 9.99. The predicted octanol–water partition coefficient (Wildman–Crippen LogP) is 3.66. The van der Waals surface area contributed by atoms with Gasteiger partial charge < -0.3 is 10.1 Å². The van der Waals surface area contributed by atoms with Crippen molar-refractivity contribution in [1.29, 1.82) is 0 Å². The van der Waals surface area contributed by atoms with Crippen LogP contribution in [0.15, 0.2) is 71.5 Å². The third kappa shape index (κ3) is 4.65. The van der Waals surface area contributed by atoms with Gasteiger partial charge >= 0.3 is 5.97 Å². The van der Waals surface area contributed by atoms with Crippen LogP contribution in [0.4, 0.5) is 18.9 Å². The van der Waals surface area contributed by atoms with E-state index in [1.165, 1.54) is 12.1 Å². The SMILES string of the molecule is O=C(COC(=O)c1nn(Cc2ccccc2)c(=O)c2ccccc12)Nc1ccc(F)c(F)c1F. The van der Waals surface area contributed by atoms with Gasteiger partial charge in [-0.25, -0.2) is 22.6 Å². The summed E-state index contributed by atoms with van der Waals surface area (Å²) in [6.07, 6.45) is 0. The summed E-state index contributed by atoms with van der Waals surface area (Å²) >= 11 is 0. The minimum atomic E-state index is -1.74. The van der Waals surface area contributed by atoms with Gasteiger partial charge in [0.2, 0.25) is 0 Å². The van der Waals surface area contributed by atoms with E-state index in [9.17, 15) is 27.6 Å². The number of hydrogen-bond donors (Lipinski definition) is 1. The molecule has 3 aromatic carbocycles. The third-order valence-corrected chi connectivity index (χ3v) is 4.88. The van der Waals surface area contributed by atoms with E-state index in [4.69, 9.17) is 4.74 Å². The van der Waals surface area contributed by atoms with Crippen LogP contribution in [0.2, 0.25) is 0 Å². The first kappa shape index (κ1) is 22.7. The number of anilines is 1. The van der Waals surface area contributed by atoms with Crippen molar-refractivity contribution in [3.63, 3.8) is 0 Å². The number of hydrogen-bond acceptors (Lipinski definition) is 5. The average molecular weight is 467 g/mol. The summed E-state index contributed by atoms with van der Waals surface area (Å²) in [7, 11) is 0. The lowest BCUT2D eigenvalue weighted by Gasteiger charge is -2.11. The van der Waals surface area contributed by atoms with Crippen LogP contribution >= 0.6 is 0 Å². The van der Waals surface area contributed by atoms with Crippen molar-refractivity contribution < 1.29 is 27.5 Å². The standard InChI is InChI=1S/C24H16F3N3O4/c25-17-10-11-18(21(27)20(17)26)28-19(31)13-34-24(33)22-15-8-4-5-9-16(15)23(32)30(29-22)12-14-6-2-1-3-7-14/h1-11H,12-13H2,(H,28,31). The van der Waals surface area contributed by atoms with Crippen molar-refractivity contribution >= 4 is 28.3 Å². The Labute approximate surface area is 190 Å². The molecule has 1 N–H and O–H groups in total. The fraction of sp³-hybridized carbons (Fsp3) is 0.0833. The molecule has 34 heavy (non-hydrogen) atoms. The summed E-state index contributed by atoms with van der Waals surface area (Å²) in [5.41, 5.74) is -0.444. The van der Waals surface area contributed by atoms with E-state index in [1.54, 1.807) is 36.4 Å². The number of rotatable bonds is 6. The van der Waals surface area contributed by atoms with E-state index < -0.39 is 47.2 Å². The summed E-state index contributed by atoms with van der Waals surface area (Å²) in [5, 5.41) is 6.60. The summed E-state index contributed by atoms with van der Waals surface area (Å²) in [5.74, 6) is -6.73. The zero-order valence-electron chi connectivity index (χ0n) is 17.4. The van der Waals surface area contributed by atoms with Gasteiger partial charge in [-0.3, -0.25) is 9.59 Å². The number of fused-ring (bicyclic) bond motifs is 1. The summed E-state index contributed by atoms with van der Waals surface area (Å²) in [6.45, 7) is -0.758. The van der Waals surface area contributed by atoms with Crippen LogP contribution in [-0.2, 0) is 16.1 Å². The molecule has 0 radical (unpaired) electrons. The van der Waals surface area contributed by atoms with Crippen LogP contribution < -0.4 is 10.9 Å². The highest BCUT2D eigenvalue weighted by Crippen LogP contribution is 2.20. The number of nitrogens with zero attached hydrogens (tertiary/aromatic N) is 2. The van der Waals surface area contributed by atoms with Gasteiger partial charge in [-0.2, -0.15) is 5.10 Å². The molecule has 10 heteroatoms. The van der Waals surface area contributed by atoms with Gasteiger partial charge in [-0.15, -0.1) is 0 Å². The minimum Gasteiger partial charge on any atom is -0.451 e. The van der Waals surface area contributed by atoms with Crippen LogP contribution in [-0.4, -0.2) is 28.3 Å². The van der Waals surface area contributed by atoms with E-state index in [0.29, 0.717) is 6.07 Å². The summed E-state index contributed by atoms with van der Waals surface area (Å²) < 4.78 is 46.2. The maximum absolute atomic E-state index is 13.7. The Bertz CT molecular complexity index is 1460. The zero-order chi connectivity index (χ0) is 24.2. The molecular weight excluding hydrogens is 451 g/mol. The van der Waals surface area contributed by atoms with E-state index in [2.05, 4.69) is 5.10 Å². The van der Waals surface area contributed by atoms with Crippen LogP contribution in [0.3, 0.4) is 0 Å². The Hall–Kier alpha value is -4.47. The fourth-order valence-corrected chi connectivity index (χ4v) is 3.26. The molecule has 0 aliphatic heterocycles. The molecule has 7 nitrogen and oxygen atoms in total. The Kier molecular flexibility index (Phi) is 6.39. The Balaban J connectivity index is 1.56. The average Bonchev–Trinajstić information content (AvgIpc) is 2.85. The fourth-order valence-electron chi connectivity index (χ4n) is 3.26. The molecule has 0 saturated carbocycles. The van der Waals surface area contributed by atoms with Crippen molar-refractivity contribution in [2.75, 3.05) is 11.9 Å². The first-order chi connectivity index (χ1) is 16.3. The van der Waals surface area contributed by atoms with Crippen LogP contribution in [0, 0.1) is 17.5 Å². The number of esters is 1. The van der Waals surface area contributed by atoms with Gasteiger partial charge in [-0.05, 0) is 23.8 Å². The number of carbonyl (C=O) groups excluding carboxylic acids is 2. The van der Waals surface area contributed by atoms with Crippen molar-refractivity contribution in [2.45, 2.75) is 6.54 Å². The minimum absolute atomic E-state index is 0.0979. The lowest BCUT2D eigenvalue weighted by Crippen LogP contribution is -2.28. The number of amides is 1. The number of carbonyl (C=O) groups is 2. The highest BCUT2D eigenvalue weighted by molar-refractivity contribution is 6.03. The lowest BCUT2D eigenvalue weighted by molar-refractivity contribution is -0.119. The normalized spacial score (nSPS) is 10.8. The molecule has 1 aromatic heterocycles. The molecule has 4 aromatic rings.